The first-order chi connectivity index (χ1) is 45.6. The molecule has 0 saturated carbocycles. The molecule has 0 bridgehead atoms. The van der Waals surface area contributed by atoms with Crippen LogP contribution in [0.15, 0.2) is 272 Å². The summed E-state index contributed by atoms with van der Waals surface area (Å²) in [5, 5.41) is 43.1. The summed E-state index contributed by atoms with van der Waals surface area (Å²) in [5.41, 5.74) is 10.6. The summed E-state index contributed by atoms with van der Waals surface area (Å²) in [7, 11) is 0. The zero-order chi connectivity index (χ0) is 63.8. The van der Waals surface area contributed by atoms with Crippen molar-refractivity contribution in [3.63, 3.8) is 0 Å². The molecule has 0 heterocycles. The molecule has 0 amide bonds. The molecule has 12 aromatic rings. The predicted molar refractivity (Wildman–Crippen MR) is 352 cm³/mol. The summed E-state index contributed by atoms with van der Waals surface area (Å²) in [6, 6.07) is 89.5. The van der Waals surface area contributed by atoms with Crippen molar-refractivity contribution < 1.29 is 47.8 Å². The topological polar surface area (TPSA) is 183 Å². The van der Waals surface area contributed by atoms with Gasteiger partial charge in [-0.1, -0.05) is 138 Å². The van der Waals surface area contributed by atoms with E-state index < -0.39 is 5.41 Å². The number of benzene rings is 12. The van der Waals surface area contributed by atoms with Crippen molar-refractivity contribution in [2.75, 3.05) is 0 Å². The molecular weight excluding hydrogens is 1180 g/mol. The average Bonchev–Trinajstić information content (AvgIpc) is 1.55. The molecule has 0 radical (unpaired) electrons. The Bertz CT molecular complexity index is 4890. The number of fused-ring (bicyclic) bond motifs is 3. The quantitative estimate of drug-likeness (QED) is 0.0329. The highest BCUT2D eigenvalue weighted by Crippen LogP contribution is 2.56. The molecule has 0 spiro atoms. The first kappa shape index (κ1) is 59.8. The van der Waals surface area contributed by atoms with Crippen LogP contribution in [0.4, 0.5) is 0 Å². The summed E-state index contributed by atoms with van der Waals surface area (Å²) < 4.78 is 42.4. The van der Waals surface area contributed by atoms with E-state index in [2.05, 4.69) is 100 Å². The highest BCUT2D eigenvalue weighted by atomic mass is 32.2. The maximum absolute atomic E-state index is 13.8. The second-order valence-corrected chi connectivity index (χ2v) is 22.4. The van der Waals surface area contributed by atoms with Crippen LogP contribution in [0.25, 0.3) is 22.3 Å². The van der Waals surface area contributed by atoms with Gasteiger partial charge in [-0.05, 0) is 191 Å². The van der Waals surface area contributed by atoms with E-state index in [1.54, 1.807) is 115 Å². The van der Waals surface area contributed by atoms with E-state index in [1.807, 2.05) is 92.7 Å². The molecule has 0 fully saturated rings. The molecule has 0 atom stereocenters. The van der Waals surface area contributed by atoms with E-state index in [1.165, 1.54) is 0 Å². The van der Waals surface area contributed by atoms with Crippen LogP contribution in [0.5, 0.6) is 69.0 Å². The van der Waals surface area contributed by atoms with E-state index in [0.717, 1.165) is 56.6 Å². The third-order valence-corrected chi connectivity index (χ3v) is 16.6. The maximum atomic E-state index is 13.8. The van der Waals surface area contributed by atoms with Crippen LogP contribution in [0.3, 0.4) is 0 Å². The molecule has 13 rings (SSSR count). The number of ether oxygens (including phenoxy) is 6. The standard InChI is InChI=1S/C79H51N3O10S/c1-50-12-7-22-74(69(50)47-80)87-58-32-28-54(29-33-58)79(72-20-5-3-17-66(72)67-18-4-6-21-73(67)79)55-30-34-59(35-31-55)89-76-24-11-25-77(71(76)49-82)90-61-42-38-57(39-43-61)86-63-15-9-14-62(46-63)85-56-36-40-60(41-37-56)88-75-23-10-19-65(70(75)48-81)52-27-26-51(2)68(45-52)78(83)53-13-8-16-64(44-53)93-92-91-84/h3-46,84H,1-2H3. The van der Waals surface area contributed by atoms with Crippen molar-refractivity contribution >= 4 is 17.8 Å². The number of ketones is 1. The Labute approximate surface area is 540 Å². The second kappa shape index (κ2) is 26.5. The summed E-state index contributed by atoms with van der Waals surface area (Å²) >= 11 is 0.761. The number of nitriles is 3. The first-order valence-corrected chi connectivity index (χ1v) is 30.1. The number of carbonyl (C=O) groups is 1. The van der Waals surface area contributed by atoms with Gasteiger partial charge in [0, 0.05) is 27.7 Å². The lowest BCUT2D eigenvalue weighted by Crippen LogP contribution is -2.28. The van der Waals surface area contributed by atoms with Crippen LogP contribution in [0.2, 0.25) is 0 Å². The van der Waals surface area contributed by atoms with Crippen molar-refractivity contribution in [2.45, 2.75) is 24.2 Å². The molecule has 448 valence electrons. The molecule has 1 N–H and O–H groups in total. The van der Waals surface area contributed by atoms with Crippen molar-refractivity contribution in [2.24, 2.45) is 0 Å². The van der Waals surface area contributed by atoms with Crippen LogP contribution in [-0.4, -0.2) is 11.0 Å². The third-order valence-electron chi connectivity index (χ3n) is 16.0. The molecule has 0 saturated heterocycles. The zero-order valence-corrected chi connectivity index (χ0v) is 50.6. The maximum Gasteiger partial charge on any atom is 0.193 e. The number of hydrogen-bond donors (Lipinski definition) is 1. The second-order valence-electron chi connectivity index (χ2n) is 21.6. The Morgan fingerprint density at radius 2 is 0.817 bits per heavy atom. The fourth-order valence-electron chi connectivity index (χ4n) is 11.7. The minimum atomic E-state index is -0.706. The molecule has 93 heavy (non-hydrogen) atoms. The summed E-state index contributed by atoms with van der Waals surface area (Å²) in [5.74, 6) is 5.45. The van der Waals surface area contributed by atoms with Crippen LogP contribution in [0, 0.1) is 47.8 Å². The van der Waals surface area contributed by atoms with Crippen molar-refractivity contribution in [1.82, 2.24) is 0 Å². The summed E-state index contributed by atoms with van der Waals surface area (Å²) in [6.07, 6.45) is 0. The molecular formula is C79H51N3O10S. The highest BCUT2D eigenvalue weighted by molar-refractivity contribution is 7.94. The minimum Gasteiger partial charge on any atom is -0.457 e. The van der Waals surface area contributed by atoms with Gasteiger partial charge in [-0.3, -0.25) is 4.79 Å². The normalized spacial score (nSPS) is 11.6. The molecule has 13 nitrogen and oxygen atoms in total. The van der Waals surface area contributed by atoms with Gasteiger partial charge in [0.1, 0.15) is 98.3 Å². The van der Waals surface area contributed by atoms with Gasteiger partial charge in [0.25, 0.3) is 0 Å². The van der Waals surface area contributed by atoms with Gasteiger partial charge >= 0.3 is 0 Å². The van der Waals surface area contributed by atoms with Gasteiger partial charge in [-0.15, -0.1) is 4.33 Å². The van der Waals surface area contributed by atoms with Crippen LogP contribution in [0.1, 0.15) is 66.0 Å². The minimum absolute atomic E-state index is 0.220. The highest BCUT2D eigenvalue weighted by Gasteiger charge is 2.46. The van der Waals surface area contributed by atoms with Crippen LogP contribution < -0.4 is 28.4 Å². The number of rotatable bonds is 20. The van der Waals surface area contributed by atoms with Crippen molar-refractivity contribution in [3.05, 3.63) is 328 Å². The lowest BCUT2D eigenvalue weighted by molar-refractivity contribution is -0.432. The molecule has 14 heteroatoms. The Morgan fingerprint density at radius 1 is 0.387 bits per heavy atom. The number of carbonyl (C=O) groups excluding carboxylic acids is 1. The number of aryl methyl sites for hydroxylation is 2. The van der Waals surface area contributed by atoms with Gasteiger partial charge in [0.2, 0.25) is 0 Å². The largest absolute Gasteiger partial charge is 0.457 e. The van der Waals surface area contributed by atoms with E-state index in [9.17, 15) is 20.6 Å². The lowest BCUT2D eigenvalue weighted by Gasteiger charge is -2.34. The Kier molecular flexibility index (Phi) is 17.0. The smallest absolute Gasteiger partial charge is 0.193 e. The van der Waals surface area contributed by atoms with Crippen molar-refractivity contribution in [3.8, 4) is 109 Å². The summed E-state index contributed by atoms with van der Waals surface area (Å²) in [6.45, 7) is 3.74. The van der Waals surface area contributed by atoms with E-state index >= 15 is 0 Å². The number of hydrogen-bond acceptors (Lipinski definition) is 14. The molecule has 12 aromatic carbocycles. The van der Waals surface area contributed by atoms with Gasteiger partial charge in [-0.2, -0.15) is 15.8 Å². The molecule has 0 aromatic heterocycles. The lowest BCUT2D eigenvalue weighted by atomic mass is 9.68. The molecule has 0 unspecified atom stereocenters. The number of nitrogens with zero attached hydrogens (tertiary/aromatic N) is 3. The first-order valence-electron chi connectivity index (χ1n) is 29.3. The molecule has 1 aliphatic carbocycles. The van der Waals surface area contributed by atoms with Gasteiger partial charge < -0.3 is 28.4 Å². The predicted octanol–water partition coefficient (Wildman–Crippen LogP) is 20.4. The van der Waals surface area contributed by atoms with E-state index in [-0.39, 0.29) is 11.3 Å². The summed E-state index contributed by atoms with van der Waals surface area (Å²) in [4.78, 5) is 14.3. The van der Waals surface area contributed by atoms with Crippen LogP contribution >= 0.6 is 12.0 Å². The molecule has 0 aliphatic heterocycles. The molecule has 1 aliphatic rings. The van der Waals surface area contributed by atoms with Crippen molar-refractivity contribution in [1.29, 1.82) is 15.8 Å². The third kappa shape index (κ3) is 12.2. The van der Waals surface area contributed by atoms with E-state index in [0.29, 0.717) is 107 Å². The monoisotopic (exact) mass is 1230 g/mol. The Morgan fingerprint density at radius 3 is 1.33 bits per heavy atom. The zero-order valence-electron chi connectivity index (χ0n) is 49.8. The Balaban J connectivity index is 0.660. The van der Waals surface area contributed by atoms with Gasteiger partial charge in [0.05, 0.1) is 23.0 Å². The fourth-order valence-corrected chi connectivity index (χ4v) is 12.1. The SMILES string of the molecule is Cc1ccc(-c2cccc(Oc3ccc(Oc4cccc(Oc5ccc(Oc6cccc(Oc7ccc(C8(c9ccc(Oc%10cccc(C)c%10C#N)cc9)c9ccccc9-c9ccccc98)cc7)c6C#N)cc5)c4)cc3)c2C#N)cc1C(=O)c1cccc(SOOO)c1. The fraction of sp³-hybridized carbons (Fsp3) is 0.0380. The van der Waals surface area contributed by atoms with Gasteiger partial charge in [-0.25, -0.2) is 5.26 Å². The van der Waals surface area contributed by atoms with E-state index in [4.69, 9.17) is 33.7 Å². The Hall–Kier alpha value is -12.2. The van der Waals surface area contributed by atoms with Crippen LogP contribution in [-0.2, 0) is 14.8 Å². The average molecular weight is 1230 g/mol. The van der Waals surface area contributed by atoms with Gasteiger partial charge in [0.15, 0.2) is 5.78 Å².